The van der Waals surface area contributed by atoms with Gasteiger partial charge >= 0.3 is 5.97 Å². The molecule has 6 nitrogen and oxygen atoms in total. The van der Waals surface area contributed by atoms with Crippen molar-refractivity contribution in [2.75, 3.05) is 0 Å². The van der Waals surface area contributed by atoms with Gasteiger partial charge in [-0.25, -0.2) is 4.79 Å². The van der Waals surface area contributed by atoms with E-state index in [-0.39, 0.29) is 18.2 Å². The third-order valence-corrected chi connectivity index (χ3v) is 2.65. The van der Waals surface area contributed by atoms with Gasteiger partial charge in [0.25, 0.3) is 0 Å². The van der Waals surface area contributed by atoms with Gasteiger partial charge in [-0.1, -0.05) is 13.8 Å². The number of aliphatic carboxylic acids is 1. The average molecular weight is 253 g/mol. The number of nitrogens with zero attached hydrogens (tertiary/aromatic N) is 2. The Kier molecular flexibility index (Phi) is 4.88. The number of carboxylic acids is 1. The second-order valence-electron chi connectivity index (χ2n) is 4.65. The molecule has 0 bridgehead atoms. The fraction of sp³-hybridized carbons (Fsp3) is 0.583. The van der Waals surface area contributed by atoms with Gasteiger partial charge in [0.2, 0.25) is 5.91 Å². The minimum atomic E-state index is -1.00. The molecule has 1 amide bonds. The van der Waals surface area contributed by atoms with Crippen LogP contribution in [0.25, 0.3) is 0 Å². The molecule has 1 aromatic rings. The van der Waals surface area contributed by atoms with Crippen molar-refractivity contribution in [2.45, 2.75) is 32.7 Å². The molecule has 0 fully saturated rings. The van der Waals surface area contributed by atoms with Gasteiger partial charge in [0.15, 0.2) is 0 Å². The average Bonchev–Trinajstić information content (AvgIpc) is 2.68. The molecule has 0 radical (unpaired) electrons. The van der Waals surface area contributed by atoms with Crippen molar-refractivity contribution in [2.24, 2.45) is 13.0 Å². The molecule has 0 spiro atoms. The number of carbonyl (C=O) groups excluding carboxylic acids is 1. The Morgan fingerprint density at radius 3 is 2.61 bits per heavy atom. The predicted molar refractivity (Wildman–Crippen MR) is 65.9 cm³/mol. The first kappa shape index (κ1) is 14.2. The summed E-state index contributed by atoms with van der Waals surface area (Å²) in [6.45, 7) is 3.53. The maximum absolute atomic E-state index is 11.6. The maximum Gasteiger partial charge on any atom is 0.326 e. The second-order valence-corrected chi connectivity index (χ2v) is 4.65. The number of hydrogen-bond acceptors (Lipinski definition) is 3. The van der Waals surface area contributed by atoms with Crippen molar-refractivity contribution in [3.8, 4) is 0 Å². The van der Waals surface area contributed by atoms with E-state index < -0.39 is 12.0 Å². The van der Waals surface area contributed by atoms with Gasteiger partial charge in [-0.05, 0) is 17.9 Å². The number of rotatable bonds is 6. The van der Waals surface area contributed by atoms with Crippen LogP contribution in [0, 0.1) is 5.92 Å². The van der Waals surface area contributed by atoms with Crippen LogP contribution in [0.1, 0.15) is 25.8 Å². The molecule has 0 aliphatic carbocycles. The van der Waals surface area contributed by atoms with Gasteiger partial charge in [-0.2, -0.15) is 5.10 Å². The van der Waals surface area contributed by atoms with Gasteiger partial charge in [-0.3, -0.25) is 9.48 Å². The minimum absolute atomic E-state index is 0.134. The van der Waals surface area contributed by atoms with Crippen molar-refractivity contribution in [1.29, 1.82) is 0 Å². The monoisotopic (exact) mass is 253 g/mol. The van der Waals surface area contributed by atoms with E-state index in [0.29, 0.717) is 6.42 Å². The normalized spacial score (nSPS) is 12.4. The van der Waals surface area contributed by atoms with Crippen molar-refractivity contribution in [1.82, 2.24) is 15.1 Å². The Morgan fingerprint density at radius 2 is 2.17 bits per heavy atom. The Bertz CT molecular complexity index is 426. The minimum Gasteiger partial charge on any atom is -0.480 e. The smallest absolute Gasteiger partial charge is 0.326 e. The number of nitrogens with one attached hydrogen (secondary N) is 1. The molecular weight excluding hydrogens is 234 g/mol. The summed E-state index contributed by atoms with van der Waals surface area (Å²) in [5.74, 6) is -1.38. The van der Waals surface area contributed by atoms with Gasteiger partial charge in [0.05, 0.1) is 6.20 Å². The number of aryl methyl sites for hydroxylation is 2. The highest BCUT2D eigenvalue weighted by atomic mass is 16.4. The molecule has 18 heavy (non-hydrogen) atoms. The molecule has 2 N–H and O–H groups in total. The van der Waals surface area contributed by atoms with Crippen molar-refractivity contribution in [3.63, 3.8) is 0 Å². The Morgan fingerprint density at radius 1 is 1.50 bits per heavy atom. The van der Waals surface area contributed by atoms with E-state index in [4.69, 9.17) is 5.11 Å². The molecule has 0 aliphatic rings. The van der Waals surface area contributed by atoms with Crippen LogP contribution in [0.2, 0.25) is 0 Å². The van der Waals surface area contributed by atoms with E-state index in [9.17, 15) is 9.59 Å². The quantitative estimate of drug-likeness (QED) is 0.776. The van der Waals surface area contributed by atoms with E-state index in [1.807, 2.05) is 13.2 Å². The van der Waals surface area contributed by atoms with Crippen LogP contribution in [-0.4, -0.2) is 32.8 Å². The summed E-state index contributed by atoms with van der Waals surface area (Å²) in [5, 5.41) is 15.5. The van der Waals surface area contributed by atoms with E-state index >= 15 is 0 Å². The fourth-order valence-electron chi connectivity index (χ4n) is 1.62. The lowest BCUT2D eigenvalue weighted by atomic mass is 10.0. The summed E-state index contributed by atoms with van der Waals surface area (Å²) in [6, 6.07) is -0.827. The molecule has 1 aromatic heterocycles. The summed E-state index contributed by atoms with van der Waals surface area (Å²) in [6.07, 6.45) is 4.36. The van der Waals surface area contributed by atoms with Crippen LogP contribution in [0.5, 0.6) is 0 Å². The number of carboxylic acid groups (broad SMARTS) is 1. The van der Waals surface area contributed by atoms with Gasteiger partial charge < -0.3 is 10.4 Å². The molecule has 6 heteroatoms. The predicted octanol–water partition coefficient (Wildman–Crippen LogP) is 0.578. The van der Waals surface area contributed by atoms with Crippen LogP contribution >= 0.6 is 0 Å². The molecular formula is C12H19N3O3. The molecule has 1 heterocycles. The first-order valence-electron chi connectivity index (χ1n) is 5.90. The standard InChI is InChI=1S/C12H19N3O3/c1-8(2)11(12(17)18)14-10(16)5-4-9-6-13-15(3)7-9/h6-8,11H,4-5H2,1-3H3,(H,14,16)(H,17,18)/t11-/m0/s1. The van der Waals surface area contributed by atoms with Crippen LogP contribution in [-0.2, 0) is 23.1 Å². The lowest BCUT2D eigenvalue weighted by Crippen LogP contribution is -2.44. The van der Waals surface area contributed by atoms with Crippen molar-refractivity contribution < 1.29 is 14.7 Å². The van der Waals surface area contributed by atoms with Crippen LogP contribution in [0.15, 0.2) is 12.4 Å². The van der Waals surface area contributed by atoms with Crippen molar-refractivity contribution in [3.05, 3.63) is 18.0 Å². The zero-order valence-electron chi connectivity index (χ0n) is 10.9. The molecule has 0 saturated heterocycles. The highest BCUT2D eigenvalue weighted by Crippen LogP contribution is 2.04. The molecule has 0 saturated carbocycles. The van der Waals surface area contributed by atoms with E-state index in [2.05, 4.69) is 10.4 Å². The Balaban J connectivity index is 2.43. The number of hydrogen-bond donors (Lipinski definition) is 2. The van der Waals surface area contributed by atoms with Crippen molar-refractivity contribution >= 4 is 11.9 Å². The van der Waals surface area contributed by atoms with Gasteiger partial charge in [-0.15, -0.1) is 0 Å². The first-order valence-corrected chi connectivity index (χ1v) is 5.90. The third kappa shape index (κ3) is 4.20. The summed E-state index contributed by atoms with van der Waals surface area (Å²) >= 11 is 0. The molecule has 0 unspecified atom stereocenters. The van der Waals surface area contributed by atoms with Gasteiger partial charge in [0.1, 0.15) is 6.04 Å². The Labute approximate surface area is 106 Å². The Hall–Kier alpha value is -1.85. The zero-order valence-corrected chi connectivity index (χ0v) is 10.9. The summed E-state index contributed by atoms with van der Waals surface area (Å²) in [5.41, 5.74) is 0.962. The first-order chi connectivity index (χ1) is 8.40. The largest absolute Gasteiger partial charge is 0.480 e. The summed E-state index contributed by atoms with van der Waals surface area (Å²) < 4.78 is 1.67. The molecule has 0 aromatic carbocycles. The second kappa shape index (κ2) is 6.18. The molecule has 1 atom stereocenters. The lowest BCUT2D eigenvalue weighted by molar-refractivity contribution is -0.143. The van der Waals surface area contributed by atoms with E-state index in [1.165, 1.54) is 0 Å². The van der Waals surface area contributed by atoms with Crippen LogP contribution in [0.4, 0.5) is 0 Å². The topological polar surface area (TPSA) is 84.2 Å². The van der Waals surface area contributed by atoms with Crippen LogP contribution < -0.4 is 5.32 Å². The van der Waals surface area contributed by atoms with E-state index in [1.54, 1.807) is 24.7 Å². The number of carbonyl (C=O) groups is 2. The molecule has 100 valence electrons. The van der Waals surface area contributed by atoms with Crippen LogP contribution in [0.3, 0.4) is 0 Å². The SMILES string of the molecule is CC(C)[C@H](NC(=O)CCc1cnn(C)c1)C(=O)O. The lowest BCUT2D eigenvalue weighted by Gasteiger charge is -2.17. The zero-order chi connectivity index (χ0) is 13.7. The molecule has 1 rings (SSSR count). The number of amides is 1. The third-order valence-electron chi connectivity index (χ3n) is 2.65. The maximum atomic E-state index is 11.6. The number of aromatic nitrogens is 2. The molecule has 0 aliphatic heterocycles. The highest BCUT2D eigenvalue weighted by molar-refractivity contribution is 5.83. The summed E-state index contributed by atoms with van der Waals surface area (Å²) in [4.78, 5) is 22.6. The van der Waals surface area contributed by atoms with Gasteiger partial charge in [0, 0.05) is 19.7 Å². The summed E-state index contributed by atoms with van der Waals surface area (Å²) in [7, 11) is 1.81. The van der Waals surface area contributed by atoms with E-state index in [0.717, 1.165) is 5.56 Å². The highest BCUT2D eigenvalue weighted by Gasteiger charge is 2.23. The fourth-order valence-corrected chi connectivity index (χ4v) is 1.62.